The fourth-order valence-corrected chi connectivity index (χ4v) is 0.615. The minimum absolute atomic E-state index is 0.403. The van der Waals surface area contributed by atoms with Crippen molar-refractivity contribution in [2.45, 2.75) is 6.92 Å². The summed E-state index contributed by atoms with van der Waals surface area (Å²) >= 11 is 0. The Morgan fingerprint density at radius 3 is 2.58 bits per heavy atom. The van der Waals surface area contributed by atoms with Crippen molar-refractivity contribution in [2.75, 3.05) is 6.54 Å². The lowest BCUT2D eigenvalue weighted by Gasteiger charge is -1.92. The number of carbonyl (C=O) groups excluding carboxylic acids is 1. The van der Waals surface area contributed by atoms with Crippen molar-refractivity contribution in [3.8, 4) is 0 Å². The standard InChI is InChI=1S/C9H14N2O/c1-2-3-5-8(9(11)12)6-4-7-10/h2-6H,7,10H2,1H3,(H2,11,12)/b3-2-,6-4+,8-5+. The fraction of sp³-hybridized carbons (Fsp3) is 0.222. The van der Waals surface area contributed by atoms with E-state index < -0.39 is 5.91 Å². The van der Waals surface area contributed by atoms with Gasteiger partial charge in [0.1, 0.15) is 0 Å². The molecule has 0 aliphatic carbocycles. The zero-order valence-corrected chi connectivity index (χ0v) is 7.16. The number of hydrogen-bond acceptors (Lipinski definition) is 2. The van der Waals surface area contributed by atoms with E-state index in [-0.39, 0.29) is 0 Å². The van der Waals surface area contributed by atoms with E-state index in [4.69, 9.17) is 11.5 Å². The van der Waals surface area contributed by atoms with Gasteiger partial charge < -0.3 is 11.5 Å². The molecule has 0 atom stereocenters. The van der Waals surface area contributed by atoms with Crippen LogP contribution in [-0.2, 0) is 4.79 Å². The number of allylic oxidation sites excluding steroid dienone is 3. The first kappa shape index (κ1) is 10.7. The number of hydrogen-bond donors (Lipinski definition) is 2. The molecule has 3 heteroatoms. The molecule has 0 aromatic carbocycles. The Balaban J connectivity index is 4.43. The summed E-state index contributed by atoms with van der Waals surface area (Å²) in [6, 6.07) is 0. The molecular weight excluding hydrogens is 152 g/mol. The lowest BCUT2D eigenvalue weighted by molar-refractivity contribution is -0.114. The Morgan fingerprint density at radius 2 is 2.17 bits per heavy atom. The highest BCUT2D eigenvalue weighted by Gasteiger charge is 1.96. The Bertz CT molecular complexity index is 227. The van der Waals surface area contributed by atoms with Gasteiger partial charge in [0.2, 0.25) is 5.91 Å². The highest BCUT2D eigenvalue weighted by atomic mass is 16.1. The van der Waals surface area contributed by atoms with Crippen LogP contribution >= 0.6 is 0 Å². The third kappa shape index (κ3) is 4.46. The van der Waals surface area contributed by atoms with Crippen LogP contribution in [0.1, 0.15) is 6.92 Å². The molecule has 4 N–H and O–H groups in total. The van der Waals surface area contributed by atoms with Crippen LogP contribution in [0.15, 0.2) is 36.0 Å². The maximum Gasteiger partial charge on any atom is 0.248 e. The molecule has 0 unspecified atom stereocenters. The molecular formula is C9H14N2O. The smallest absolute Gasteiger partial charge is 0.248 e. The van der Waals surface area contributed by atoms with Gasteiger partial charge in [0, 0.05) is 12.1 Å². The van der Waals surface area contributed by atoms with E-state index in [1.807, 2.05) is 13.0 Å². The van der Waals surface area contributed by atoms with E-state index in [9.17, 15) is 4.79 Å². The average Bonchev–Trinajstić information content (AvgIpc) is 2.04. The second-order valence-corrected chi connectivity index (χ2v) is 2.15. The van der Waals surface area contributed by atoms with Gasteiger partial charge in [-0.05, 0) is 13.0 Å². The predicted molar refractivity (Wildman–Crippen MR) is 50.3 cm³/mol. The van der Waals surface area contributed by atoms with E-state index in [0.29, 0.717) is 12.1 Å². The van der Waals surface area contributed by atoms with Crippen LogP contribution in [0.4, 0.5) is 0 Å². The normalized spacial score (nSPS) is 13.0. The molecule has 12 heavy (non-hydrogen) atoms. The quantitative estimate of drug-likeness (QED) is 0.471. The minimum Gasteiger partial charge on any atom is -0.366 e. The maximum atomic E-state index is 10.7. The number of carbonyl (C=O) groups is 1. The van der Waals surface area contributed by atoms with Crippen molar-refractivity contribution in [3.63, 3.8) is 0 Å². The summed E-state index contributed by atoms with van der Waals surface area (Å²) in [4.78, 5) is 10.7. The van der Waals surface area contributed by atoms with Crippen molar-refractivity contribution in [3.05, 3.63) is 36.0 Å². The molecule has 0 aliphatic heterocycles. The van der Waals surface area contributed by atoms with Crippen LogP contribution in [0.3, 0.4) is 0 Å². The summed E-state index contributed by atoms with van der Waals surface area (Å²) in [5, 5.41) is 0. The molecule has 0 aromatic heterocycles. The van der Waals surface area contributed by atoms with Gasteiger partial charge in [-0.2, -0.15) is 0 Å². The SMILES string of the molecule is C\C=C/C=C(\C=C\CN)C(N)=O. The fourth-order valence-electron chi connectivity index (χ4n) is 0.615. The van der Waals surface area contributed by atoms with Crippen molar-refractivity contribution in [2.24, 2.45) is 11.5 Å². The van der Waals surface area contributed by atoms with Gasteiger partial charge >= 0.3 is 0 Å². The average molecular weight is 166 g/mol. The van der Waals surface area contributed by atoms with Crippen molar-refractivity contribution in [1.82, 2.24) is 0 Å². The molecule has 0 aliphatic rings. The molecule has 3 nitrogen and oxygen atoms in total. The Morgan fingerprint density at radius 1 is 1.50 bits per heavy atom. The molecule has 0 saturated heterocycles. The molecule has 0 fully saturated rings. The summed E-state index contributed by atoms with van der Waals surface area (Å²) in [5.41, 5.74) is 10.8. The molecule has 0 rings (SSSR count). The number of primary amides is 1. The van der Waals surface area contributed by atoms with Crippen molar-refractivity contribution >= 4 is 5.91 Å². The molecule has 0 bridgehead atoms. The Labute approximate surface area is 72.4 Å². The summed E-state index contributed by atoms with van der Waals surface area (Å²) in [5.74, 6) is -0.446. The molecule has 66 valence electrons. The van der Waals surface area contributed by atoms with Crippen LogP contribution in [-0.4, -0.2) is 12.5 Å². The lowest BCUT2D eigenvalue weighted by Crippen LogP contribution is -2.12. The zero-order chi connectivity index (χ0) is 9.40. The van der Waals surface area contributed by atoms with Crippen LogP contribution in [0.25, 0.3) is 0 Å². The van der Waals surface area contributed by atoms with Crippen molar-refractivity contribution < 1.29 is 4.79 Å². The lowest BCUT2D eigenvalue weighted by atomic mass is 10.2. The number of amides is 1. The summed E-state index contributed by atoms with van der Waals surface area (Å²) < 4.78 is 0. The summed E-state index contributed by atoms with van der Waals surface area (Å²) in [6.45, 7) is 2.27. The van der Waals surface area contributed by atoms with Gasteiger partial charge in [-0.25, -0.2) is 0 Å². The van der Waals surface area contributed by atoms with E-state index >= 15 is 0 Å². The summed E-state index contributed by atoms with van der Waals surface area (Å²) in [6.07, 6.45) is 8.51. The highest BCUT2D eigenvalue weighted by molar-refractivity contribution is 5.95. The second-order valence-electron chi connectivity index (χ2n) is 2.15. The van der Waals surface area contributed by atoms with Crippen LogP contribution in [0.5, 0.6) is 0 Å². The van der Waals surface area contributed by atoms with Gasteiger partial charge in [0.25, 0.3) is 0 Å². The van der Waals surface area contributed by atoms with Gasteiger partial charge in [0.15, 0.2) is 0 Å². The van der Waals surface area contributed by atoms with Crippen LogP contribution in [0.2, 0.25) is 0 Å². The van der Waals surface area contributed by atoms with Crippen LogP contribution in [0, 0.1) is 0 Å². The number of rotatable bonds is 4. The van der Waals surface area contributed by atoms with Gasteiger partial charge in [-0.1, -0.05) is 24.3 Å². The Kier molecular flexibility index (Phi) is 5.65. The third-order valence-corrected chi connectivity index (χ3v) is 1.19. The highest BCUT2D eigenvalue weighted by Crippen LogP contribution is 1.95. The molecule has 0 radical (unpaired) electrons. The first-order valence-electron chi connectivity index (χ1n) is 3.71. The molecule has 0 aromatic rings. The largest absolute Gasteiger partial charge is 0.366 e. The first-order valence-corrected chi connectivity index (χ1v) is 3.71. The summed E-state index contributed by atoms with van der Waals surface area (Å²) in [7, 11) is 0. The molecule has 0 spiro atoms. The van der Waals surface area contributed by atoms with Gasteiger partial charge in [0.05, 0.1) is 0 Å². The monoisotopic (exact) mass is 166 g/mol. The van der Waals surface area contributed by atoms with Crippen LogP contribution < -0.4 is 11.5 Å². The predicted octanol–water partition coefficient (Wildman–Crippen LogP) is 0.489. The molecule has 0 saturated carbocycles. The topological polar surface area (TPSA) is 69.1 Å². The van der Waals surface area contributed by atoms with E-state index in [1.54, 1.807) is 24.3 Å². The van der Waals surface area contributed by atoms with Gasteiger partial charge in [-0.3, -0.25) is 4.79 Å². The Hall–Kier alpha value is -1.35. The van der Waals surface area contributed by atoms with Crippen molar-refractivity contribution in [1.29, 1.82) is 0 Å². The van der Waals surface area contributed by atoms with E-state index in [0.717, 1.165) is 0 Å². The zero-order valence-electron chi connectivity index (χ0n) is 7.16. The van der Waals surface area contributed by atoms with Gasteiger partial charge in [-0.15, -0.1) is 0 Å². The maximum absolute atomic E-state index is 10.7. The minimum atomic E-state index is -0.446. The van der Waals surface area contributed by atoms with E-state index in [1.165, 1.54) is 0 Å². The first-order chi connectivity index (χ1) is 5.72. The second kappa shape index (κ2) is 6.37. The number of nitrogens with two attached hydrogens (primary N) is 2. The third-order valence-electron chi connectivity index (χ3n) is 1.19. The molecule has 0 heterocycles. The van der Waals surface area contributed by atoms with E-state index in [2.05, 4.69) is 0 Å². The molecule has 1 amide bonds.